The van der Waals surface area contributed by atoms with E-state index in [1.165, 1.54) is 17.4 Å². The number of nitrogens with zero attached hydrogens (tertiary/aromatic N) is 1. The van der Waals surface area contributed by atoms with Crippen LogP contribution in [0, 0.1) is 0 Å². The van der Waals surface area contributed by atoms with Crippen LogP contribution in [0.1, 0.15) is 18.2 Å². The third kappa shape index (κ3) is 4.44. The van der Waals surface area contributed by atoms with Crippen molar-refractivity contribution in [3.8, 4) is 0 Å². The Balaban J connectivity index is 3.12. The Morgan fingerprint density at radius 3 is 2.55 bits per heavy atom. The molecule has 1 heterocycles. The second kappa shape index (κ2) is 6.88. The monoisotopic (exact) mass is 330 g/mol. The minimum absolute atomic E-state index is 0.0467. The van der Waals surface area contributed by atoms with Crippen molar-refractivity contribution in [2.24, 2.45) is 0 Å². The van der Waals surface area contributed by atoms with E-state index in [2.05, 4.69) is 5.32 Å². The number of hydrogen-bond donors (Lipinski definition) is 1. The molecule has 9 heteroatoms. The van der Waals surface area contributed by atoms with E-state index in [-0.39, 0.29) is 11.4 Å². The molecule has 0 radical (unpaired) electrons. The molecule has 0 aliphatic rings. The average molecular weight is 330 g/mol. The highest BCUT2D eigenvalue weighted by Gasteiger charge is 2.37. The second-order valence-electron chi connectivity index (χ2n) is 4.19. The number of thiophene rings is 1. The molecule has 116 valence electrons. The lowest BCUT2D eigenvalue weighted by molar-refractivity contribution is -0.136. The molecule has 0 aliphatic carbocycles. The fraction of sp³-hybridized carbons (Fsp3) is 0.636. The van der Waals surface area contributed by atoms with Crippen LogP contribution >= 0.6 is 11.3 Å². The minimum Gasteiger partial charge on any atom is -0.315 e. The summed E-state index contributed by atoms with van der Waals surface area (Å²) >= 11 is 1.20. The molecule has 0 fully saturated rings. The molecule has 0 amide bonds. The van der Waals surface area contributed by atoms with Gasteiger partial charge in [-0.15, -0.1) is 11.3 Å². The lowest BCUT2D eigenvalue weighted by Crippen LogP contribution is -2.39. The Morgan fingerprint density at radius 2 is 2.05 bits per heavy atom. The molecule has 0 unspecified atom stereocenters. The van der Waals surface area contributed by atoms with E-state index in [1.807, 2.05) is 0 Å². The zero-order valence-electron chi connectivity index (χ0n) is 11.2. The topological polar surface area (TPSA) is 49.4 Å². The van der Waals surface area contributed by atoms with Crippen molar-refractivity contribution in [1.82, 2.24) is 9.62 Å². The first kappa shape index (κ1) is 17.4. The molecule has 0 saturated carbocycles. The Labute approximate surface area is 120 Å². The molecule has 0 spiro atoms. The summed E-state index contributed by atoms with van der Waals surface area (Å²) in [5, 5.41) is 4.37. The van der Waals surface area contributed by atoms with Gasteiger partial charge >= 0.3 is 6.18 Å². The van der Waals surface area contributed by atoms with E-state index in [9.17, 15) is 21.6 Å². The van der Waals surface area contributed by atoms with Gasteiger partial charge in [-0.05, 0) is 24.9 Å². The Bertz CT molecular complexity index is 526. The van der Waals surface area contributed by atoms with Crippen LogP contribution in [0.2, 0.25) is 0 Å². The average Bonchev–Trinajstić information content (AvgIpc) is 2.76. The standard InChI is InChI=1S/C11H17F3N2O2S2/c1-3-5-16(8-11(12,13)14)20(17,18)10-4-6-19-9(10)7-15-2/h4,6,15H,3,5,7-8H2,1-2H3. The summed E-state index contributed by atoms with van der Waals surface area (Å²) in [5.41, 5.74) is 0. The number of halogens is 3. The molecule has 20 heavy (non-hydrogen) atoms. The van der Waals surface area contributed by atoms with E-state index in [0.717, 1.165) is 0 Å². The quantitative estimate of drug-likeness (QED) is 0.835. The molecular weight excluding hydrogens is 313 g/mol. The SMILES string of the molecule is CCCN(CC(F)(F)F)S(=O)(=O)c1ccsc1CNC. The van der Waals surface area contributed by atoms with Gasteiger partial charge in [-0.1, -0.05) is 6.92 Å². The van der Waals surface area contributed by atoms with Crippen LogP contribution in [0.15, 0.2) is 16.3 Å². The number of alkyl halides is 3. The maximum Gasteiger partial charge on any atom is 0.402 e. The van der Waals surface area contributed by atoms with Crippen LogP contribution in [0.25, 0.3) is 0 Å². The maximum absolute atomic E-state index is 12.5. The molecule has 0 aromatic carbocycles. The summed E-state index contributed by atoms with van der Waals surface area (Å²) in [6.45, 7) is 0.327. The maximum atomic E-state index is 12.5. The third-order valence-corrected chi connectivity index (χ3v) is 5.47. The Hall–Kier alpha value is -0.640. The molecule has 0 aliphatic heterocycles. The fourth-order valence-electron chi connectivity index (χ4n) is 1.72. The zero-order chi connectivity index (χ0) is 15.4. The van der Waals surface area contributed by atoms with E-state index >= 15 is 0 Å². The van der Waals surface area contributed by atoms with Crippen LogP contribution in [-0.2, 0) is 16.6 Å². The predicted molar refractivity (Wildman–Crippen MR) is 72.2 cm³/mol. The van der Waals surface area contributed by atoms with Gasteiger partial charge in [0.2, 0.25) is 10.0 Å². The van der Waals surface area contributed by atoms with Crippen molar-refractivity contribution < 1.29 is 21.6 Å². The smallest absolute Gasteiger partial charge is 0.315 e. The van der Waals surface area contributed by atoms with E-state index in [0.29, 0.717) is 22.1 Å². The lowest BCUT2D eigenvalue weighted by atomic mass is 10.4. The van der Waals surface area contributed by atoms with E-state index in [1.54, 1.807) is 19.4 Å². The molecule has 1 N–H and O–H groups in total. The largest absolute Gasteiger partial charge is 0.402 e. The van der Waals surface area contributed by atoms with Crippen molar-refractivity contribution in [2.75, 3.05) is 20.1 Å². The lowest BCUT2D eigenvalue weighted by Gasteiger charge is -2.23. The van der Waals surface area contributed by atoms with E-state index in [4.69, 9.17) is 0 Å². The van der Waals surface area contributed by atoms with Gasteiger partial charge in [-0.25, -0.2) is 8.42 Å². The first-order chi connectivity index (χ1) is 9.22. The Kier molecular flexibility index (Phi) is 5.99. The summed E-state index contributed by atoms with van der Waals surface area (Å²) in [6, 6.07) is 1.35. The molecule has 4 nitrogen and oxygen atoms in total. The van der Waals surface area contributed by atoms with Crippen LogP contribution in [0.5, 0.6) is 0 Å². The highest BCUT2D eigenvalue weighted by atomic mass is 32.2. The van der Waals surface area contributed by atoms with Gasteiger partial charge in [0.05, 0.1) is 4.90 Å². The van der Waals surface area contributed by atoms with Crippen molar-refractivity contribution in [1.29, 1.82) is 0 Å². The summed E-state index contributed by atoms with van der Waals surface area (Å²) in [4.78, 5) is 0.463. The highest BCUT2D eigenvalue weighted by Crippen LogP contribution is 2.28. The predicted octanol–water partition coefficient (Wildman–Crippen LogP) is 2.43. The fourth-order valence-corrected chi connectivity index (χ4v) is 4.66. The van der Waals surface area contributed by atoms with Crippen molar-refractivity contribution in [2.45, 2.75) is 31.0 Å². The summed E-state index contributed by atoms with van der Waals surface area (Å²) in [5.74, 6) is 0. The van der Waals surface area contributed by atoms with Gasteiger partial charge in [0.25, 0.3) is 0 Å². The summed E-state index contributed by atoms with van der Waals surface area (Å²) in [7, 11) is -2.47. The zero-order valence-corrected chi connectivity index (χ0v) is 12.8. The van der Waals surface area contributed by atoms with Crippen LogP contribution in [-0.4, -0.2) is 39.0 Å². The number of nitrogens with one attached hydrogen (secondary N) is 1. The molecule has 0 bridgehead atoms. The first-order valence-corrected chi connectivity index (χ1v) is 8.32. The summed E-state index contributed by atoms with van der Waals surface area (Å²) in [6.07, 6.45) is -4.23. The first-order valence-electron chi connectivity index (χ1n) is 6.00. The van der Waals surface area contributed by atoms with Gasteiger partial charge in [-0.3, -0.25) is 0 Å². The van der Waals surface area contributed by atoms with Crippen molar-refractivity contribution in [3.05, 3.63) is 16.3 Å². The molecule has 0 atom stereocenters. The Morgan fingerprint density at radius 1 is 1.40 bits per heavy atom. The highest BCUT2D eigenvalue weighted by molar-refractivity contribution is 7.89. The normalized spacial score (nSPS) is 13.1. The van der Waals surface area contributed by atoms with Crippen molar-refractivity contribution >= 4 is 21.4 Å². The molecule has 1 rings (SSSR count). The van der Waals surface area contributed by atoms with Gasteiger partial charge in [0.15, 0.2) is 0 Å². The number of hydrogen-bond acceptors (Lipinski definition) is 4. The third-order valence-electron chi connectivity index (χ3n) is 2.49. The van der Waals surface area contributed by atoms with Gasteiger partial charge < -0.3 is 5.32 Å². The van der Waals surface area contributed by atoms with E-state index < -0.39 is 22.7 Å². The minimum atomic E-state index is -4.55. The van der Waals surface area contributed by atoms with Crippen LogP contribution in [0.3, 0.4) is 0 Å². The summed E-state index contributed by atoms with van der Waals surface area (Å²) < 4.78 is 62.8. The molecule has 0 saturated heterocycles. The molecular formula is C11H17F3N2O2S2. The van der Waals surface area contributed by atoms with Gasteiger partial charge in [0, 0.05) is 18.0 Å². The van der Waals surface area contributed by atoms with Crippen LogP contribution in [0.4, 0.5) is 13.2 Å². The van der Waals surface area contributed by atoms with Gasteiger partial charge in [-0.2, -0.15) is 17.5 Å². The number of rotatable bonds is 7. The second-order valence-corrected chi connectivity index (χ2v) is 7.10. The molecule has 1 aromatic rings. The van der Waals surface area contributed by atoms with Crippen LogP contribution < -0.4 is 5.32 Å². The number of sulfonamides is 1. The molecule has 1 aromatic heterocycles. The van der Waals surface area contributed by atoms with Crippen molar-refractivity contribution in [3.63, 3.8) is 0 Å². The van der Waals surface area contributed by atoms with Gasteiger partial charge in [0.1, 0.15) is 6.54 Å².